The van der Waals surface area contributed by atoms with Crippen LogP contribution in [-0.2, 0) is 19.1 Å². The smallest absolute Gasteiger partial charge is 0.329 e. The standard InChI is InChI=1S/C18H21ClN2O4S/c1-2-25-18(24)15-11-26-7-6-20(15)17(23)12-8-16(22)21(10-12)14-5-3-4-13(19)9-14/h3-5,9,12,15H,2,6-8,10-11H2,1H3. The maximum absolute atomic E-state index is 13.0. The molecule has 0 radical (unpaired) electrons. The first-order valence-electron chi connectivity index (χ1n) is 8.62. The van der Waals surface area contributed by atoms with Gasteiger partial charge >= 0.3 is 5.97 Å². The number of anilines is 1. The summed E-state index contributed by atoms with van der Waals surface area (Å²) >= 11 is 7.64. The lowest BCUT2D eigenvalue weighted by Gasteiger charge is -2.35. The van der Waals surface area contributed by atoms with Crippen LogP contribution in [0.3, 0.4) is 0 Å². The average Bonchev–Trinajstić information content (AvgIpc) is 3.03. The molecule has 26 heavy (non-hydrogen) atoms. The molecule has 0 N–H and O–H groups in total. The van der Waals surface area contributed by atoms with Crippen molar-refractivity contribution < 1.29 is 19.1 Å². The van der Waals surface area contributed by atoms with Gasteiger partial charge in [-0.2, -0.15) is 11.8 Å². The van der Waals surface area contributed by atoms with Crippen molar-refractivity contribution in [1.29, 1.82) is 0 Å². The van der Waals surface area contributed by atoms with Gasteiger partial charge in [0.25, 0.3) is 0 Å². The van der Waals surface area contributed by atoms with Crippen molar-refractivity contribution in [3.8, 4) is 0 Å². The summed E-state index contributed by atoms with van der Waals surface area (Å²) in [5.74, 6) is 0.223. The second-order valence-electron chi connectivity index (χ2n) is 6.26. The van der Waals surface area contributed by atoms with E-state index in [2.05, 4.69) is 0 Å². The van der Waals surface area contributed by atoms with Crippen LogP contribution in [0.5, 0.6) is 0 Å². The van der Waals surface area contributed by atoms with E-state index in [1.165, 1.54) is 0 Å². The molecule has 1 aromatic rings. The van der Waals surface area contributed by atoms with Gasteiger partial charge < -0.3 is 14.5 Å². The van der Waals surface area contributed by atoms with Gasteiger partial charge in [0.15, 0.2) is 0 Å². The Bertz CT molecular complexity index is 714. The molecule has 2 unspecified atom stereocenters. The molecule has 3 rings (SSSR count). The Hall–Kier alpha value is -1.73. The van der Waals surface area contributed by atoms with E-state index in [4.69, 9.17) is 16.3 Å². The summed E-state index contributed by atoms with van der Waals surface area (Å²) in [5.41, 5.74) is 0.689. The average molecular weight is 397 g/mol. The highest BCUT2D eigenvalue weighted by atomic mass is 35.5. The Kier molecular flexibility index (Phi) is 6.09. The normalized spacial score (nSPS) is 23.2. The van der Waals surface area contributed by atoms with Crippen molar-refractivity contribution in [2.45, 2.75) is 19.4 Å². The number of thioether (sulfide) groups is 1. The molecule has 140 valence electrons. The van der Waals surface area contributed by atoms with Gasteiger partial charge in [-0.05, 0) is 25.1 Å². The lowest BCUT2D eigenvalue weighted by Crippen LogP contribution is -2.53. The number of halogens is 1. The highest BCUT2D eigenvalue weighted by Gasteiger charge is 2.41. The summed E-state index contributed by atoms with van der Waals surface area (Å²) in [7, 11) is 0. The molecule has 0 spiro atoms. The molecule has 2 fully saturated rings. The zero-order valence-corrected chi connectivity index (χ0v) is 16.1. The van der Waals surface area contributed by atoms with Crippen LogP contribution < -0.4 is 4.90 Å². The van der Waals surface area contributed by atoms with Gasteiger partial charge in [-0.25, -0.2) is 4.79 Å². The van der Waals surface area contributed by atoms with E-state index >= 15 is 0 Å². The summed E-state index contributed by atoms with van der Waals surface area (Å²) < 4.78 is 5.11. The van der Waals surface area contributed by atoms with Crippen LogP contribution in [0.4, 0.5) is 5.69 Å². The fraction of sp³-hybridized carbons (Fsp3) is 0.500. The summed E-state index contributed by atoms with van der Waals surface area (Å²) in [6, 6.07) is 6.46. The van der Waals surface area contributed by atoms with Crippen LogP contribution in [0.15, 0.2) is 24.3 Å². The third kappa shape index (κ3) is 3.99. The Morgan fingerprint density at radius 1 is 1.38 bits per heavy atom. The molecule has 2 amide bonds. The predicted octanol–water partition coefficient (Wildman–Crippen LogP) is 2.20. The van der Waals surface area contributed by atoms with Crippen molar-refractivity contribution in [2.24, 2.45) is 5.92 Å². The minimum absolute atomic E-state index is 0.107. The molecule has 2 saturated heterocycles. The van der Waals surface area contributed by atoms with Crippen molar-refractivity contribution in [3.05, 3.63) is 29.3 Å². The van der Waals surface area contributed by atoms with Gasteiger partial charge in [0.1, 0.15) is 6.04 Å². The quantitative estimate of drug-likeness (QED) is 0.730. The number of carbonyl (C=O) groups excluding carboxylic acids is 3. The number of rotatable bonds is 4. The number of esters is 1. The van der Waals surface area contributed by atoms with Crippen LogP contribution in [0.2, 0.25) is 5.02 Å². The van der Waals surface area contributed by atoms with Gasteiger partial charge in [-0.15, -0.1) is 0 Å². The Morgan fingerprint density at radius 2 is 2.19 bits per heavy atom. The fourth-order valence-electron chi connectivity index (χ4n) is 3.30. The van der Waals surface area contributed by atoms with Crippen LogP contribution in [0.25, 0.3) is 0 Å². The number of ether oxygens (including phenoxy) is 1. The molecule has 0 bridgehead atoms. The van der Waals surface area contributed by atoms with Crippen molar-refractivity contribution >= 4 is 46.8 Å². The minimum atomic E-state index is -0.573. The third-order valence-electron chi connectivity index (χ3n) is 4.56. The molecular formula is C18H21ClN2O4S. The Labute approximate surface area is 161 Å². The Morgan fingerprint density at radius 3 is 2.92 bits per heavy atom. The summed E-state index contributed by atoms with van der Waals surface area (Å²) in [5, 5.41) is 0.542. The van der Waals surface area contributed by atoms with Crippen molar-refractivity contribution in [2.75, 3.05) is 36.1 Å². The molecule has 2 aliphatic rings. The molecule has 2 aliphatic heterocycles. The summed E-state index contributed by atoms with van der Waals surface area (Å²) in [6.07, 6.45) is 0.143. The molecule has 8 heteroatoms. The predicted molar refractivity (Wildman–Crippen MR) is 101 cm³/mol. The molecular weight excluding hydrogens is 376 g/mol. The van der Waals surface area contributed by atoms with Crippen LogP contribution in [-0.4, -0.2) is 59.9 Å². The maximum atomic E-state index is 13.0. The highest BCUT2D eigenvalue weighted by Crippen LogP contribution is 2.29. The van der Waals surface area contributed by atoms with Gasteiger partial charge in [0, 0.05) is 41.7 Å². The zero-order chi connectivity index (χ0) is 18.7. The first-order valence-corrected chi connectivity index (χ1v) is 10.1. The number of hydrogen-bond acceptors (Lipinski definition) is 5. The van der Waals surface area contributed by atoms with E-state index in [9.17, 15) is 14.4 Å². The molecule has 2 heterocycles. The highest BCUT2D eigenvalue weighted by molar-refractivity contribution is 7.99. The second-order valence-corrected chi connectivity index (χ2v) is 7.85. The minimum Gasteiger partial charge on any atom is -0.464 e. The molecule has 1 aromatic carbocycles. The van der Waals surface area contributed by atoms with Gasteiger partial charge in [-0.1, -0.05) is 17.7 Å². The largest absolute Gasteiger partial charge is 0.464 e. The third-order valence-corrected chi connectivity index (χ3v) is 5.82. The molecule has 2 atom stereocenters. The lowest BCUT2D eigenvalue weighted by molar-refractivity contribution is -0.155. The topological polar surface area (TPSA) is 66.9 Å². The number of carbonyl (C=O) groups is 3. The lowest BCUT2D eigenvalue weighted by atomic mass is 10.1. The van der Waals surface area contributed by atoms with E-state index in [-0.39, 0.29) is 30.8 Å². The van der Waals surface area contributed by atoms with E-state index in [0.29, 0.717) is 29.6 Å². The van der Waals surface area contributed by atoms with Crippen LogP contribution in [0, 0.1) is 5.92 Å². The molecule has 0 saturated carbocycles. The van der Waals surface area contributed by atoms with E-state index in [1.54, 1.807) is 52.8 Å². The number of hydrogen-bond donors (Lipinski definition) is 0. The Balaban J connectivity index is 1.73. The van der Waals surface area contributed by atoms with E-state index in [0.717, 1.165) is 5.75 Å². The van der Waals surface area contributed by atoms with Crippen LogP contribution in [0.1, 0.15) is 13.3 Å². The zero-order valence-electron chi connectivity index (χ0n) is 14.5. The van der Waals surface area contributed by atoms with E-state index < -0.39 is 12.0 Å². The number of benzene rings is 1. The maximum Gasteiger partial charge on any atom is 0.329 e. The first-order chi connectivity index (χ1) is 12.5. The molecule has 0 aliphatic carbocycles. The number of nitrogens with zero attached hydrogens (tertiary/aromatic N) is 2. The fourth-order valence-corrected chi connectivity index (χ4v) is 4.52. The van der Waals surface area contributed by atoms with E-state index in [1.807, 2.05) is 0 Å². The van der Waals surface area contributed by atoms with Crippen LogP contribution >= 0.6 is 23.4 Å². The van der Waals surface area contributed by atoms with Gasteiger partial charge in [0.05, 0.1) is 12.5 Å². The molecule has 6 nitrogen and oxygen atoms in total. The van der Waals surface area contributed by atoms with Crippen molar-refractivity contribution in [1.82, 2.24) is 4.90 Å². The number of amides is 2. The summed E-state index contributed by atoms with van der Waals surface area (Å²) in [6.45, 7) is 2.83. The first kappa shape index (κ1) is 19.0. The molecule has 0 aromatic heterocycles. The van der Waals surface area contributed by atoms with Gasteiger partial charge in [0.2, 0.25) is 11.8 Å². The van der Waals surface area contributed by atoms with Crippen molar-refractivity contribution in [3.63, 3.8) is 0 Å². The SMILES string of the molecule is CCOC(=O)C1CSCCN1C(=O)C1CC(=O)N(c2cccc(Cl)c2)C1. The van der Waals surface area contributed by atoms with Gasteiger partial charge in [-0.3, -0.25) is 9.59 Å². The summed E-state index contributed by atoms with van der Waals surface area (Å²) in [4.78, 5) is 40.8. The second kappa shape index (κ2) is 8.31. The monoisotopic (exact) mass is 396 g/mol.